The zero-order chi connectivity index (χ0) is 20.8. The third kappa shape index (κ3) is 5.24. The summed E-state index contributed by atoms with van der Waals surface area (Å²) < 4.78 is 26.2. The van der Waals surface area contributed by atoms with Crippen molar-refractivity contribution in [1.82, 2.24) is 10.0 Å². The molecule has 7 heteroatoms. The Hall–Kier alpha value is -0.660. The minimum Gasteiger partial charge on any atom is -0.392 e. The van der Waals surface area contributed by atoms with E-state index < -0.39 is 16.1 Å². The van der Waals surface area contributed by atoms with Crippen LogP contribution in [-0.2, 0) is 14.8 Å². The Kier molecular flexibility index (Phi) is 6.40. The topological polar surface area (TPSA) is 95.5 Å². The normalized spacial score (nSPS) is 38.7. The van der Waals surface area contributed by atoms with E-state index >= 15 is 0 Å². The molecule has 0 aromatic carbocycles. The molecule has 0 aromatic heterocycles. The van der Waals surface area contributed by atoms with Crippen LogP contribution in [0.3, 0.4) is 0 Å². The highest BCUT2D eigenvalue weighted by molar-refractivity contribution is 7.88. The van der Waals surface area contributed by atoms with Gasteiger partial charge in [-0.05, 0) is 69.6 Å². The fraction of sp³-hybridized carbons (Fsp3) is 0.950. The molecule has 0 aliphatic heterocycles. The van der Waals surface area contributed by atoms with Gasteiger partial charge in [-0.3, -0.25) is 4.79 Å². The van der Waals surface area contributed by atoms with E-state index in [4.69, 9.17) is 0 Å². The van der Waals surface area contributed by atoms with Gasteiger partial charge in [0.2, 0.25) is 15.9 Å². The molecule has 0 spiro atoms. The van der Waals surface area contributed by atoms with E-state index in [2.05, 4.69) is 17.0 Å². The second-order valence-electron chi connectivity index (χ2n) is 10.3. The maximum atomic E-state index is 12.7. The minimum absolute atomic E-state index is 0.00869. The lowest BCUT2D eigenvalue weighted by molar-refractivity contribution is -0.142. The number of carbonyl (C=O) groups is 1. The summed E-state index contributed by atoms with van der Waals surface area (Å²) in [5.41, 5.74) is -0.312. The summed E-state index contributed by atoms with van der Waals surface area (Å²) in [6, 6.07) is -0.162. The number of hydrogen-bond donors (Lipinski definition) is 3. The van der Waals surface area contributed by atoms with Crippen LogP contribution >= 0.6 is 0 Å². The van der Waals surface area contributed by atoms with Gasteiger partial charge in [0.15, 0.2) is 0 Å². The van der Waals surface area contributed by atoms with Crippen LogP contribution in [-0.4, -0.2) is 43.4 Å². The lowest BCUT2D eigenvalue weighted by Gasteiger charge is -2.56. The molecule has 0 heterocycles. The highest BCUT2D eigenvalue weighted by atomic mass is 32.2. The number of sulfonamides is 1. The number of hydrogen-bond acceptors (Lipinski definition) is 4. The first-order chi connectivity index (χ1) is 12.1. The molecule has 1 unspecified atom stereocenters. The van der Waals surface area contributed by atoms with Crippen LogP contribution < -0.4 is 10.0 Å². The first-order valence-corrected chi connectivity index (χ1v) is 12.0. The van der Waals surface area contributed by atoms with Gasteiger partial charge in [0, 0.05) is 17.5 Å². The van der Waals surface area contributed by atoms with Crippen molar-refractivity contribution in [2.45, 2.75) is 84.9 Å². The SMILES string of the molecule is C[C@H]1[C@@H]2[C@@H](O)C([C@H](C)C(=O)NC(C)(C)C)CC[C@@]2(C)CC[C@@H]1NS(C)(=O)=O. The minimum atomic E-state index is -3.29. The molecule has 158 valence electrons. The summed E-state index contributed by atoms with van der Waals surface area (Å²) in [6.07, 6.45) is 4.04. The zero-order valence-corrected chi connectivity index (χ0v) is 18.7. The standard InChI is InChI=1S/C20H38N2O4S/c1-12(18(24)21-19(3,4)5)14-8-10-20(6)11-9-15(22-27(7,25)26)13(2)16(20)17(14)23/h12-17,22-23H,8-11H2,1-7H3,(H,21,24)/t12-,13+,14?,15-,16+,17-,20-/m0/s1. The van der Waals surface area contributed by atoms with Crippen LogP contribution in [0.5, 0.6) is 0 Å². The first-order valence-electron chi connectivity index (χ1n) is 10.1. The number of rotatable bonds is 4. The number of nitrogens with one attached hydrogen (secondary N) is 2. The molecule has 7 atom stereocenters. The Balaban J connectivity index is 2.20. The van der Waals surface area contributed by atoms with Gasteiger partial charge in [0.05, 0.1) is 12.4 Å². The van der Waals surface area contributed by atoms with E-state index in [1.54, 1.807) is 0 Å². The van der Waals surface area contributed by atoms with Gasteiger partial charge in [-0.1, -0.05) is 20.8 Å². The lowest BCUT2D eigenvalue weighted by Crippen LogP contribution is -2.58. The van der Waals surface area contributed by atoms with Gasteiger partial charge in [0.1, 0.15) is 0 Å². The highest BCUT2D eigenvalue weighted by Gasteiger charge is 2.54. The Bertz CT molecular complexity index is 657. The molecular weight excluding hydrogens is 364 g/mol. The lowest BCUT2D eigenvalue weighted by atomic mass is 9.52. The molecule has 27 heavy (non-hydrogen) atoms. The van der Waals surface area contributed by atoms with Crippen molar-refractivity contribution in [2.24, 2.45) is 29.1 Å². The molecule has 2 aliphatic carbocycles. The Morgan fingerprint density at radius 1 is 1.22 bits per heavy atom. The fourth-order valence-corrected chi connectivity index (χ4v) is 6.30. The molecule has 0 radical (unpaired) electrons. The summed E-state index contributed by atoms with van der Waals surface area (Å²) in [7, 11) is -3.29. The average molecular weight is 403 g/mol. The van der Waals surface area contributed by atoms with E-state index in [1.807, 2.05) is 34.6 Å². The van der Waals surface area contributed by atoms with Gasteiger partial charge in [-0.2, -0.15) is 0 Å². The number of amides is 1. The van der Waals surface area contributed by atoms with Crippen LogP contribution in [0.4, 0.5) is 0 Å². The van der Waals surface area contributed by atoms with Gasteiger partial charge in [0.25, 0.3) is 0 Å². The molecule has 0 aromatic rings. The zero-order valence-electron chi connectivity index (χ0n) is 17.9. The molecule has 2 rings (SSSR count). The van der Waals surface area contributed by atoms with Crippen molar-refractivity contribution in [3.8, 4) is 0 Å². The van der Waals surface area contributed by atoms with Crippen molar-refractivity contribution in [3.63, 3.8) is 0 Å². The summed E-state index contributed by atoms with van der Waals surface area (Å²) >= 11 is 0. The summed E-state index contributed by atoms with van der Waals surface area (Å²) in [5, 5.41) is 14.3. The van der Waals surface area contributed by atoms with E-state index in [1.165, 1.54) is 6.26 Å². The summed E-state index contributed by atoms with van der Waals surface area (Å²) in [5.74, 6) is -0.406. The smallest absolute Gasteiger partial charge is 0.223 e. The highest BCUT2D eigenvalue weighted by Crippen LogP contribution is 2.55. The van der Waals surface area contributed by atoms with Crippen molar-refractivity contribution in [1.29, 1.82) is 0 Å². The maximum absolute atomic E-state index is 12.7. The van der Waals surface area contributed by atoms with E-state index in [9.17, 15) is 18.3 Å². The van der Waals surface area contributed by atoms with Gasteiger partial charge in [-0.15, -0.1) is 0 Å². The molecule has 0 bridgehead atoms. The molecule has 3 N–H and O–H groups in total. The summed E-state index contributed by atoms with van der Waals surface area (Å²) in [6.45, 7) is 12.0. The summed E-state index contributed by atoms with van der Waals surface area (Å²) in [4.78, 5) is 12.7. The number of carbonyl (C=O) groups excluding carboxylic acids is 1. The van der Waals surface area contributed by atoms with Crippen LogP contribution in [0, 0.1) is 29.1 Å². The van der Waals surface area contributed by atoms with Crippen LogP contribution in [0.2, 0.25) is 0 Å². The van der Waals surface area contributed by atoms with E-state index in [-0.39, 0.29) is 46.6 Å². The largest absolute Gasteiger partial charge is 0.392 e. The van der Waals surface area contributed by atoms with Gasteiger partial charge >= 0.3 is 0 Å². The van der Waals surface area contributed by atoms with Crippen molar-refractivity contribution < 1.29 is 18.3 Å². The monoisotopic (exact) mass is 402 g/mol. The molecule has 2 aliphatic rings. The van der Waals surface area contributed by atoms with Crippen LogP contribution in [0.1, 0.15) is 67.2 Å². The predicted molar refractivity (Wildman–Crippen MR) is 108 cm³/mol. The van der Waals surface area contributed by atoms with E-state index in [0.29, 0.717) is 0 Å². The second-order valence-corrected chi connectivity index (χ2v) is 12.1. The van der Waals surface area contributed by atoms with Crippen LogP contribution in [0.15, 0.2) is 0 Å². The third-order valence-corrected chi connectivity index (χ3v) is 7.54. The molecule has 2 saturated carbocycles. The predicted octanol–water partition coefficient (Wildman–Crippen LogP) is 2.28. The van der Waals surface area contributed by atoms with Crippen molar-refractivity contribution >= 4 is 15.9 Å². The Morgan fingerprint density at radius 2 is 1.78 bits per heavy atom. The molecule has 6 nitrogen and oxygen atoms in total. The quantitative estimate of drug-likeness (QED) is 0.672. The van der Waals surface area contributed by atoms with E-state index in [0.717, 1.165) is 25.7 Å². The fourth-order valence-electron chi connectivity index (χ4n) is 5.41. The second kappa shape index (κ2) is 7.64. The van der Waals surface area contributed by atoms with Crippen molar-refractivity contribution in [3.05, 3.63) is 0 Å². The Labute approximate surface area is 164 Å². The Morgan fingerprint density at radius 3 is 2.30 bits per heavy atom. The molecule has 1 amide bonds. The van der Waals surface area contributed by atoms with Crippen LogP contribution in [0.25, 0.3) is 0 Å². The van der Waals surface area contributed by atoms with Crippen molar-refractivity contribution in [2.75, 3.05) is 6.26 Å². The number of aliphatic hydroxyl groups is 1. The average Bonchev–Trinajstić information content (AvgIpc) is 2.47. The molecule has 2 fully saturated rings. The third-order valence-electron chi connectivity index (χ3n) is 6.81. The number of aliphatic hydroxyl groups excluding tert-OH is 1. The van der Waals surface area contributed by atoms with Gasteiger partial charge in [-0.25, -0.2) is 13.1 Å². The number of fused-ring (bicyclic) bond motifs is 1. The molecule has 0 saturated heterocycles. The molecular formula is C20H38N2O4S. The van der Waals surface area contributed by atoms with Gasteiger partial charge < -0.3 is 10.4 Å². The maximum Gasteiger partial charge on any atom is 0.223 e. The first kappa shape index (κ1) is 22.6.